The number of thiazole rings is 1. The molecular formula is C19H19N3O4S2. The number of sulfonamides is 1. The van der Waals surface area contributed by atoms with Crippen molar-refractivity contribution in [2.24, 2.45) is 0 Å². The van der Waals surface area contributed by atoms with E-state index >= 15 is 0 Å². The predicted octanol–water partition coefficient (Wildman–Crippen LogP) is 3.32. The Labute approximate surface area is 167 Å². The van der Waals surface area contributed by atoms with Gasteiger partial charge in [0.1, 0.15) is 5.75 Å². The van der Waals surface area contributed by atoms with Crippen LogP contribution in [0.3, 0.4) is 0 Å². The van der Waals surface area contributed by atoms with Gasteiger partial charge in [0.15, 0.2) is 5.13 Å². The molecule has 0 atom stereocenters. The number of ether oxygens (including phenoxy) is 1. The van der Waals surface area contributed by atoms with Gasteiger partial charge in [0.05, 0.1) is 17.7 Å². The van der Waals surface area contributed by atoms with Crippen LogP contribution in [0.25, 0.3) is 11.3 Å². The maximum absolute atomic E-state index is 12.4. The van der Waals surface area contributed by atoms with Gasteiger partial charge in [-0.15, -0.1) is 11.3 Å². The Morgan fingerprint density at radius 2 is 1.71 bits per heavy atom. The molecule has 0 unspecified atom stereocenters. The third-order valence-electron chi connectivity index (χ3n) is 4.01. The van der Waals surface area contributed by atoms with Crippen LogP contribution in [0.15, 0.2) is 58.8 Å². The Bertz CT molecular complexity index is 1070. The summed E-state index contributed by atoms with van der Waals surface area (Å²) in [6.45, 7) is 0. The van der Waals surface area contributed by atoms with Crippen LogP contribution in [0.5, 0.6) is 5.75 Å². The minimum atomic E-state index is -3.53. The molecule has 0 radical (unpaired) electrons. The lowest BCUT2D eigenvalue weighted by molar-refractivity contribution is 0.102. The Kier molecular flexibility index (Phi) is 5.78. The summed E-state index contributed by atoms with van der Waals surface area (Å²) >= 11 is 1.31. The molecule has 3 rings (SSSR count). The zero-order chi connectivity index (χ0) is 20.3. The average Bonchev–Trinajstić information content (AvgIpc) is 3.16. The number of methoxy groups -OCH3 is 1. The second-order valence-electron chi connectivity index (χ2n) is 6.03. The molecule has 9 heteroatoms. The Balaban J connectivity index is 1.72. The SMILES string of the molecule is COc1ccc(-c2csc(NC(=O)c3ccc(S(=O)(=O)N(C)C)cc3)n2)cc1. The molecule has 0 aliphatic heterocycles. The Morgan fingerprint density at radius 3 is 2.29 bits per heavy atom. The third kappa shape index (κ3) is 4.22. The van der Waals surface area contributed by atoms with Crippen LogP contribution in [-0.2, 0) is 10.0 Å². The van der Waals surface area contributed by atoms with Crippen molar-refractivity contribution in [3.8, 4) is 17.0 Å². The molecule has 0 aliphatic rings. The van der Waals surface area contributed by atoms with Gasteiger partial charge in [0.25, 0.3) is 5.91 Å². The Hall–Kier alpha value is -2.75. The fraction of sp³-hybridized carbons (Fsp3) is 0.158. The molecule has 1 amide bonds. The number of carbonyl (C=O) groups excluding carboxylic acids is 1. The molecule has 0 bridgehead atoms. The van der Waals surface area contributed by atoms with Crippen molar-refractivity contribution in [3.05, 3.63) is 59.5 Å². The quantitative estimate of drug-likeness (QED) is 0.665. The molecule has 0 spiro atoms. The second kappa shape index (κ2) is 8.09. The van der Waals surface area contributed by atoms with Crippen molar-refractivity contribution in [2.75, 3.05) is 26.5 Å². The van der Waals surface area contributed by atoms with Crippen molar-refractivity contribution >= 4 is 32.4 Å². The number of rotatable bonds is 6. The highest BCUT2D eigenvalue weighted by atomic mass is 32.2. The fourth-order valence-electron chi connectivity index (χ4n) is 2.38. The molecule has 0 saturated carbocycles. The number of aromatic nitrogens is 1. The van der Waals surface area contributed by atoms with Gasteiger partial charge in [0, 0.05) is 30.6 Å². The first-order chi connectivity index (χ1) is 13.3. The first kappa shape index (κ1) is 20.0. The van der Waals surface area contributed by atoms with Crippen LogP contribution in [0.4, 0.5) is 5.13 Å². The summed E-state index contributed by atoms with van der Waals surface area (Å²) in [6.07, 6.45) is 0. The smallest absolute Gasteiger partial charge is 0.257 e. The van der Waals surface area contributed by atoms with Gasteiger partial charge < -0.3 is 4.74 Å². The monoisotopic (exact) mass is 417 g/mol. The molecule has 0 aliphatic carbocycles. The lowest BCUT2D eigenvalue weighted by Gasteiger charge is -2.11. The number of amides is 1. The number of nitrogens with one attached hydrogen (secondary N) is 1. The van der Waals surface area contributed by atoms with E-state index in [1.165, 1.54) is 49.7 Å². The normalized spacial score (nSPS) is 11.4. The molecule has 7 nitrogen and oxygen atoms in total. The van der Waals surface area contributed by atoms with E-state index in [-0.39, 0.29) is 10.8 Å². The molecule has 146 valence electrons. The second-order valence-corrected chi connectivity index (χ2v) is 9.04. The van der Waals surface area contributed by atoms with Crippen LogP contribution in [0.1, 0.15) is 10.4 Å². The number of carbonyl (C=O) groups is 1. The maximum Gasteiger partial charge on any atom is 0.257 e. The highest BCUT2D eigenvalue weighted by molar-refractivity contribution is 7.89. The maximum atomic E-state index is 12.4. The molecule has 1 N–H and O–H groups in total. The van der Waals surface area contributed by atoms with Gasteiger partial charge in [-0.25, -0.2) is 17.7 Å². The summed E-state index contributed by atoms with van der Waals surface area (Å²) in [5.41, 5.74) is 2.00. The largest absolute Gasteiger partial charge is 0.497 e. The summed E-state index contributed by atoms with van der Waals surface area (Å²) in [7, 11) is 0.991. The van der Waals surface area contributed by atoms with Crippen molar-refractivity contribution < 1.29 is 17.9 Å². The van der Waals surface area contributed by atoms with Crippen molar-refractivity contribution in [1.29, 1.82) is 0 Å². The number of hydrogen-bond donors (Lipinski definition) is 1. The van der Waals surface area contributed by atoms with E-state index < -0.39 is 10.0 Å². The average molecular weight is 418 g/mol. The fourth-order valence-corrected chi connectivity index (χ4v) is 4.00. The van der Waals surface area contributed by atoms with E-state index in [1.54, 1.807) is 7.11 Å². The first-order valence-electron chi connectivity index (χ1n) is 8.25. The van der Waals surface area contributed by atoms with Gasteiger partial charge in [0.2, 0.25) is 10.0 Å². The summed E-state index contributed by atoms with van der Waals surface area (Å²) in [5, 5.41) is 5.05. The van der Waals surface area contributed by atoms with E-state index in [0.29, 0.717) is 10.7 Å². The van der Waals surface area contributed by atoms with E-state index in [2.05, 4.69) is 10.3 Å². The number of benzene rings is 2. The zero-order valence-electron chi connectivity index (χ0n) is 15.5. The van der Waals surface area contributed by atoms with Gasteiger partial charge in [-0.1, -0.05) is 0 Å². The topological polar surface area (TPSA) is 88.6 Å². The molecule has 1 aromatic heterocycles. The van der Waals surface area contributed by atoms with E-state index in [0.717, 1.165) is 21.3 Å². The highest BCUT2D eigenvalue weighted by Gasteiger charge is 2.18. The van der Waals surface area contributed by atoms with Gasteiger partial charge in [-0.3, -0.25) is 10.1 Å². The lowest BCUT2D eigenvalue weighted by atomic mass is 10.2. The minimum Gasteiger partial charge on any atom is -0.497 e. The van der Waals surface area contributed by atoms with Crippen molar-refractivity contribution in [2.45, 2.75) is 4.90 Å². The summed E-state index contributed by atoms with van der Waals surface area (Å²) in [5.74, 6) is 0.400. The highest BCUT2D eigenvalue weighted by Crippen LogP contribution is 2.27. The lowest BCUT2D eigenvalue weighted by Crippen LogP contribution is -2.22. The van der Waals surface area contributed by atoms with Gasteiger partial charge >= 0.3 is 0 Å². The number of nitrogens with zero attached hydrogens (tertiary/aromatic N) is 2. The Morgan fingerprint density at radius 1 is 1.07 bits per heavy atom. The molecule has 1 heterocycles. The van der Waals surface area contributed by atoms with E-state index in [9.17, 15) is 13.2 Å². The minimum absolute atomic E-state index is 0.130. The van der Waals surface area contributed by atoms with Crippen molar-refractivity contribution in [1.82, 2.24) is 9.29 Å². The summed E-state index contributed by atoms with van der Waals surface area (Å²) < 4.78 is 30.4. The summed E-state index contributed by atoms with van der Waals surface area (Å²) in [6, 6.07) is 13.2. The third-order valence-corrected chi connectivity index (χ3v) is 6.59. The van der Waals surface area contributed by atoms with Crippen LogP contribution < -0.4 is 10.1 Å². The predicted molar refractivity (Wildman–Crippen MR) is 109 cm³/mol. The van der Waals surface area contributed by atoms with Gasteiger partial charge in [-0.05, 0) is 48.5 Å². The van der Waals surface area contributed by atoms with Gasteiger partial charge in [-0.2, -0.15) is 0 Å². The molecule has 0 saturated heterocycles. The molecule has 28 heavy (non-hydrogen) atoms. The van der Waals surface area contributed by atoms with E-state index in [1.807, 2.05) is 29.6 Å². The standard InChI is InChI=1S/C19H19N3O4S2/c1-22(2)28(24,25)16-10-6-14(7-11-16)18(23)21-19-20-17(12-27-19)13-4-8-15(26-3)9-5-13/h4-12H,1-3H3,(H,20,21,23). The number of hydrogen-bond acceptors (Lipinski definition) is 6. The molecule has 0 fully saturated rings. The van der Waals surface area contributed by atoms with Crippen LogP contribution in [0, 0.1) is 0 Å². The zero-order valence-corrected chi connectivity index (χ0v) is 17.2. The summed E-state index contributed by atoms with van der Waals surface area (Å²) in [4.78, 5) is 17.0. The van der Waals surface area contributed by atoms with Crippen LogP contribution in [-0.4, -0.2) is 44.8 Å². The molecular weight excluding hydrogens is 398 g/mol. The number of anilines is 1. The first-order valence-corrected chi connectivity index (χ1v) is 10.6. The van der Waals surface area contributed by atoms with Crippen LogP contribution >= 0.6 is 11.3 Å². The van der Waals surface area contributed by atoms with E-state index in [4.69, 9.17) is 4.74 Å². The molecule has 3 aromatic rings. The van der Waals surface area contributed by atoms with Crippen LogP contribution in [0.2, 0.25) is 0 Å². The molecule has 2 aromatic carbocycles. The van der Waals surface area contributed by atoms with Crippen molar-refractivity contribution in [3.63, 3.8) is 0 Å².